The van der Waals surface area contributed by atoms with Crippen molar-refractivity contribution >= 4 is 18.0 Å². The first kappa shape index (κ1) is 21.0. The van der Waals surface area contributed by atoms with Crippen LogP contribution in [0.4, 0.5) is 0 Å². The molecule has 0 aliphatic carbocycles. The Balaban J connectivity index is 2.49. The van der Waals surface area contributed by atoms with Crippen LogP contribution in [0.3, 0.4) is 0 Å². The highest BCUT2D eigenvalue weighted by molar-refractivity contribution is 5.89. The molecule has 26 heavy (non-hydrogen) atoms. The van der Waals surface area contributed by atoms with E-state index < -0.39 is 24.0 Å². The lowest BCUT2D eigenvalue weighted by Crippen LogP contribution is -2.50. The molecule has 1 unspecified atom stereocenters. The smallest absolute Gasteiger partial charge is 0.331 e. The molecule has 1 rings (SSSR count). The molecule has 0 spiro atoms. The van der Waals surface area contributed by atoms with Crippen LogP contribution in [0.15, 0.2) is 43.0 Å². The lowest BCUT2D eigenvalue weighted by molar-refractivity contribution is -0.144. The molecule has 0 fully saturated rings. The van der Waals surface area contributed by atoms with Gasteiger partial charge in [0.1, 0.15) is 17.9 Å². The summed E-state index contributed by atoms with van der Waals surface area (Å²) < 4.78 is 10.3. The number of carbonyl (C=O) groups excluding carboxylic acids is 2. The first-order valence-corrected chi connectivity index (χ1v) is 8.21. The highest BCUT2D eigenvalue weighted by Gasteiger charge is 2.30. The minimum atomic E-state index is -1.01. The molecule has 1 N–H and O–H groups in total. The highest BCUT2D eigenvalue weighted by Crippen LogP contribution is 2.15. The minimum Gasteiger partial charge on any atom is -0.490 e. The monoisotopic (exact) mass is 356 g/mol. The van der Waals surface area contributed by atoms with E-state index in [4.69, 9.17) is 14.7 Å². The Bertz CT molecular complexity index is 702. The normalized spacial score (nSPS) is 12.9. The topological polar surface area (TPSA) is 88.4 Å². The number of ether oxygens (including phenoxy) is 2. The van der Waals surface area contributed by atoms with Gasteiger partial charge in [0, 0.05) is 6.08 Å². The van der Waals surface area contributed by atoms with E-state index in [2.05, 4.69) is 18.0 Å². The second-order valence-electron chi connectivity index (χ2n) is 6.13. The van der Waals surface area contributed by atoms with Gasteiger partial charge in [-0.3, -0.25) is 4.79 Å². The summed E-state index contributed by atoms with van der Waals surface area (Å²) >= 11 is 0. The van der Waals surface area contributed by atoms with Crippen LogP contribution in [-0.2, 0) is 14.3 Å². The summed E-state index contributed by atoms with van der Waals surface area (Å²) in [4.78, 5) is 23.5. The molecule has 0 aliphatic heterocycles. The molecule has 0 saturated carbocycles. The van der Waals surface area contributed by atoms with Crippen molar-refractivity contribution in [3.8, 4) is 11.8 Å². The summed E-state index contributed by atoms with van der Waals surface area (Å²) in [6, 6.07) is 9.18. The van der Waals surface area contributed by atoms with Gasteiger partial charge < -0.3 is 14.8 Å². The number of nitriles is 1. The zero-order valence-corrected chi connectivity index (χ0v) is 15.3. The number of hydrogen-bond donors (Lipinski definition) is 1. The van der Waals surface area contributed by atoms with Crippen molar-refractivity contribution in [1.29, 1.82) is 5.26 Å². The fraction of sp³-hybridized carbons (Fsp3) is 0.350. The summed E-state index contributed by atoms with van der Waals surface area (Å²) in [6.07, 6.45) is 4.46. The van der Waals surface area contributed by atoms with Crippen molar-refractivity contribution in [2.45, 2.75) is 26.3 Å². The molecule has 138 valence electrons. The number of benzene rings is 1. The Hall–Kier alpha value is -3.07. The third kappa shape index (κ3) is 6.81. The quantitative estimate of drug-likeness (QED) is 0.417. The Kier molecular flexibility index (Phi) is 8.10. The van der Waals surface area contributed by atoms with Crippen LogP contribution in [-0.4, -0.2) is 30.6 Å². The molecular weight excluding hydrogens is 332 g/mol. The number of nitrogens with zero attached hydrogens (tertiary/aromatic N) is 1. The molecule has 0 aliphatic rings. The van der Waals surface area contributed by atoms with Crippen molar-refractivity contribution in [2.24, 2.45) is 5.92 Å². The largest absolute Gasteiger partial charge is 0.490 e. The van der Waals surface area contributed by atoms with Crippen LogP contribution in [0.1, 0.15) is 26.3 Å². The fourth-order valence-corrected chi connectivity index (χ4v) is 1.81. The third-order valence-electron chi connectivity index (χ3n) is 3.79. The van der Waals surface area contributed by atoms with Crippen LogP contribution in [0.2, 0.25) is 0 Å². The average Bonchev–Trinajstić information content (AvgIpc) is 2.63. The molecule has 1 amide bonds. The number of nitrogens with one attached hydrogen (secondary N) is 1. The van der Waals surface area contributed by atoms with Crippen molar-refractivity contribution in [3.05, 3.63) is 48.6 Å². The van der Waals surface area contributed by atoms with E-state index in [0.717, 1.165) is 5.56 Å². The number of amides is 1. The Morgan fingerprint density at radius 3 is 2.54 bits per heavy atom. The van der Waals surface area contributed by atoms with E-state index in [-0.39, 0.29) is 5.92 Å². The highest BCUT2D eigenvalue weighted by atomic mass is 16.5. The van der Waals surface area contributed by atoms with Gasteiger partial charge in [0.15, 0.2) is 6.61 Å². The van der Waals surface area contributed by atoms with Gasteiger partial charge in [-0.1, -0.05) is 38.6 Å². The maximum absolute atomic E-state index is 11.8. The van der Waals surface area contributed by atoms with E-state index >= 15 is 0 Å². The predicted molar refractivity (Wildman–Crippen MR) is 99.1 cm³/mol. The maximum Gasteiger partial charge on any atom is 0.331 e. The van der Waals surface area contributed by atoms with Gasteiger partial charge in [0.25, 0.3) is 5.91 Å². The van der Waals surface area contributed by atoms with Gasteiger partial charge in [-0.25, -0.2) is 4.79 Å². The Labute approximate surface area is 154 Å². The van der Waals surface area contributed by atoms with Crippen molar-refractivity contribution in [3.63, 3.8) is 0 Å². The van der Waals surface area contributed by atoms with E-state index in [1.165, 1.54) is 6.08 Å². The van der Waals surface area contributed by atoms with Gasteiger partial charge >= 0.3 is 5.97 Å². The molecule has 0 saturated heterocycles. The SMILES string of the molecule is C=CCOc1ccc(/C=C/C(=O)OCC(=O)NC(C)(C#N)C(C)C)cc1. The molecule has 6 heteroatoms. The Morgan fingerprint density at radius 2 is 2.00 bits per heavy atom. The van der Waals surface area contributed by atoms with Crippen molar-refractivity contribution in [1.82, 2.24) is 5.32 Å². The van der Waals surface area contributed by atoms with Crippen LogP contribution in [0.5, 0.6) is 5.75 Å². The van der Waals surface area contributed by atoms with Crippen molar-refractivity contribution < 1.29 is 19.1 Å². The summed E-state index contributed by atoms with van der Waals surface area (Å²) in [6.45, 7) is 8.83. The van der Waals surface area contributed by atoms with E-state index in [1.807, 2.05) is 13.8 Å². The standard InChI is InChI=1S/C20H24N2O4/c1-5-12-25-17-9-6-16(7-10-17)8-11-19(24)26-13-18(23)22-20(4,14-21)15(2)3/h5-11,15H,1,12-13H2,2-4H3,(H,22,23)/b11-8+. The zero-order chi connectivity index (χ0) is 19.6. The lowest BCUT2D eigenvalue weighted by Gasteiger charge is -2.27. The van der Waals surface area contributed by atoms with E-state index in [9.17, 15) is 9.59 Å². The van der Waals surface area contributed by atoms with Crippen molar-refractivity contribution in [2.75, 3.05) is 13.2 Å². The van der Waals surface area contributed by atoms with Gasteiger partial charge in [-0.2, -0.15) is 5.26 Å². The number of esters is 1. The molecule has 0 heterocycles. The van der Waals surface area contributed by atoms with Crippen LogP contribution in [0.25, 0.3) is 6.08 Å². The van der Waals surface area contributed by atoms with Crippen LogP contribution >= 0.6 is 0 Å². The van der Waals surface area contributed by atoms with Crippen LogP contribution < -0.4 is 10.1 Å². The second kappa shape index (κ2) is 10.0. The molecular formula is C20H24N2O4. The Morgan fingerprint density at radius 1 is 1.35 bits per heavy atom. The first-order valence-electron chi connectivity index (χ1n) is 8.21. The second-order valence-corrected chi connectivity index (χ2v) is 6.13. The van der Waals surface area contributed by atoms with Gasteiger partial charge in [0.2, 0.25) is 0 Å². The molecule has 0 aromatic heterocycles. The van der Waals surface area contributed by atoms with Crippen LogP contribution in [0, 0.1) is 17.2 Å². The maximum atomic E-state index is 11.8. The predicted octanol–water partition coefficient (Wildman–Crippen LogP) is 2.86. The summed E-state index contributed by atoms with van der Waals surface area (Å²) in [5.41, 5.74) is -0.219. The van der Waals surface area contributed by atoms with Gasteiger partial charge in [0.05, 0.1) is 6.07 Å². The number of carbonyl (C=O) groups is 2. The number of rotatable bonds is 9. The van der Waals surface area contributed by atoms with Gasteiger partial charge in [-0.15, -0.1) is 0 Å². The average molecular weight is 356 g/mol. The molecule has 0 radical (unpaired) electrons. The number of hydrogen-bond acceptors (Lipinski definition) is 5. The lowest BCUT2D eigenvalue weighted by atomic mass is 9.90. The third-order valence-corrected chi connectivity index (χ3v) is 3.79. The fourth-order valence-electron chi connectivity index (χ4n) is 1.81. The summed E-state index contributed by atoms with van der Waals surface area (Å²) in [5.74, 6) is -0.541. The molecule has 1 aromatic rings. The van der Waals surface area contributed by atoms with E-state index in [0.29, 0.717) is 12.4 Å². The molecule has 0 bridgehead atoms. The summed E-state index contributed by atoms with van der Waals surface area (Å²) in [7, 11) is 0. The molecule has 1 aromatic carbocycles. The minimum absolute atomic E-state index is 0.0783. The molecule has 6 nitrogen and oxygen atoms in total. The summed E-state index contributed by atoms with van der Waals surface area (Å²) in [5, 5.41) is 11.7. The first-order chi connectivity index (χ1) is 12.3. The van der Waals surface area contributed by atoms with E-state index in [1.54, 1.807) is 43.3 Å². The van der Waals surface area contributed by atoms with Gasteiger partial charge in [-0.05, 0) is 36.6 Å². The zero-order valence-electron chi connectivity index (χ0n) is 15.3. The molecule has 1 atom stereocenters.